The molecule has 178 valence electrons. The van der Waals surface area contributed by atoms with Crippen LogP contribution < -0.4 is 0 Å². The summed E-state index contributed by atoms with van der Waals surface area (Å²) in [5.74, 6) is -0.0115. The lowest BCUT2D eigenvalue weighted by atomic mass is 9.86. The number of piperidine rings is 1. The van der Waals surface area contributed by atoms with Crippen molar-refractivity contribution in [1.29, 1.82) is 0 Å². The molecule has 5 rings (SSSR count). The van der Waals surface area contributed by atoms with Gasteiger partial charge < -0.3 is 0 Å². The van der Waals surface area contributed by atoms with Gasteiger partial charge in [0.05, 0.1) is 23.6 Å². The van der Waals surface area contributed by atoms with E-state index in [1.165, 1.54) is 23.9 Å². The average Bonchev–Trinajstić information content (AvgIpc) is 3.47. The molecule has 2 aromatic heterocycles. The zero-order valence-electron chi connectivity index (χ0n) is 19.3. The molecule has 0 saturated carbocycles. The quantitative estimate of drug-likeness (QED) is 0.399. The summed E-state index contributed by atoms with van der Waals surface area (Å²) in [7, 11) is -3.57. The first-order chi connectivity index (χ1) is 16.4. The number of aryl methyl sites for hydroxylation is 1. The van der Waals surface area contributed by atoms with Gasteiger partial charge in [-0.15, -0.1) is 0 Å². The van der Waals surface area contributed by atoms with Crippen molar-refractivity contribution in [3.8, 4) is 5.69 Å². The van der Waals surface area contributed by atoms with Gasteiger partial charge >= 0.3 is 0 Å². The molecule has 0 aliphatic carbocycles. The summed E-state index contributed by atoms with van der Waals surface area (Å²) in [6, 6.07) is 12.4. The zero-order chi connectivity index (χ0) is 23.9. The molecule has 0 spiro atoms. The molecule has 2 atom stereocenters. The number of aromatic nitrogens is 4. The van der Waals surface area contributed by atoms with Gasteiger partial charge in [0.2, 0.25) is 10.0 Å². The summed E-state index contributed by atoms with van der Waals surface area (Å²) in [5, 5.41) is 9.69. The third-order valence-electron chi connectivity index (χ3n) is 6.62. The highest BCUT2D eigenvalue weighted by Crippen LogP contribution is 2.35. The van der Waals surface area contributed by atoms with Crippen LogP contribution in [0.15, 0.2) is 66.0 Å². The van der Waals surface area contributed by atoms with Crippen LogP contribution in [0.25, 0.3) is 16.6 Å². The number of halogens is 1. The fraction of sp³-hybridized carbons (Fsp3) is 0.360. The van der Waals surface area contributed by atoms with E-state index in [0.29, 0.717) is 13.1 Å². The van der Waals surface area contributed by atoms with Crippen LogP contribution in [0.5, 0.6) is 0 Å². The van der Waals surface area contributed by atoms with Gasteiger partial charge in [-0.1, -0.05) is 13.0 Å². The fourth-order valence-electron chi connectivity index (χ4n) is 4.87. The molecule has 0 bridgehead atoms. The first-order valence-corrected chi connectivity index (χ1v) is 13.1. The van der Waals surface area contributed by atoms with E-state index in [2.05, 4.69) is 22.3 Å². The molecule has 0 N–H and O–H groups in total. The Kier molecular flexibility index (Phi) is 5.99. The van der Waals surface area contributed by atoms with E-state index >= 15 is 0 Å². The molecule has 9 heteroatoms. The molecule has 0 amide bonds. The smallest absolute Gasteiger partial charge is 0.246 e. The summed E-state index contributed by atoms with van der Waals surface area (Å²) in [4.78, 5) is 0.265. The van der Waals surface area contributed by atoms with Crippen LogP contribution in [0, 0.1) is 5.82 Å². The van der Waals surface area contributed by atoms with Gasteiger partial charge in [0.1, 0.15) is 10.7 Å². The molecule has 7 nitrogen and oxygen atoms in total. The summed E-state index contributed by atoms with van der Waals surface area (Å²) in [6.45, 7) is 5.19. The maximum Gasteiger partial charge on any atom is 0.246 e. The highest BCUT2D eigenvalue weighted by atomic mass is 32.2. The SMILES string of the molecule is CCCn1cc(S(=O)(=O)N2CC[C@@H](c3ccc4c(cnn4-c4ccc(F)cc4)c3)C[C@H]2C)cn1. The van der Waals surface area contributed by atoms with Crippen LogP contribution in [-0.2, 0) is 16.6 Å². The Morgan fingerprint density at radius 1 is 1.09 bits per heavy atom. The zero-order valence-corrected chi connectivity index (χ0v) is 20.1. The number of fused-ring (bicyclic) bond motifs is 1. The van der Waals surface area contributed by atoms with Crippen LogP contribution in [0.2, 0.25) is 0 Å². The highest BCUT2D eigenvalue weighted by Gasteiger charge is 2.35. The Labute approximate surface area is 198 Å². The second kappa shape index (κ2) is 8.96. The van der Waals surface area contributed by atoms with Crippen molar-refractivity contribution < 1.29 is 12.8 Å². The number of hydrogen-bond donors (Lipinski definition) is 0. The van der Waals surface area contributed by atoms with Gasteiger partial charge in [0.25, 0.3) is 0 Å². The predicted molar refractivity (Wildman–Crippen MR) is 129 cm³/mol. The highest BCUT2D eigenvalue weighted by molar-refractivity contribution is 7.89. The number of nitrogens with zero attached hydrogens (tertiary/aromatic N) is 5. The van der Waals surface area contributed by atoms with Crippen LogP contribution in [0.1, 0.15) is 44.6 Å². The lowest BCUT2D eigenvalue weighted by Gasteiger charge is -2.36. The summed E-state index contributed by atoms with van der Waals surface area (Å²) in [6.07, 6.45) is 7.31. The number of sulfonamides is 1. The Balaban J connectivity index is 1.34. The van der Waals surface area contributed by atoms with Crippen LogP contribution in [-0.4, -0.2) is 44.9 Å². The first-order valence-electron chi connectivity index (χ1n) is 11.6. The molecule has 0 radical (unpaired) electrons. The number of benzene rings is 2. The standard InChI is InChI=1S/C25H28FN5O2S/c1-3-11-29-17-24(16-27-29)34(32,33)30-12-10-20(13-18(30)2)19-4-9-25-21(14-19)15-28-31(25)23-7-5-22(26)6-8-23/h4-9,14-18,20H,3,10-13H2,1-2H3/t18-,20-/m1/s1. The molecule has 1 fully saturated rings. The molecular weight excluding hydrogens is 453 g/mol. The minimum absolute atomic E-state index is 0.115. The van der Waals surface area contributed by atoms with Crippen molar-refractivity contribution in [2.24, 2.45) is 0 Å². The van der Waals surface area contributed by atoms with E-state index in [1.807, 2.05) is 26.1 Å². The topological polar surface area (TPSA) is 73.0 Å². The lowest BCUT2D eigenvalue weighted by molar-refractivity contribution is 0.246. The number of hydrogen-bond acceptors (Lipinski definition) is 4. The minimum Gasteiger partial charge on any atom is -0.271 e. The summed E-state index contributed by atoms with van der Waals surface area (Å²) in [5.41, 5.74) is 2.94. The maximum atomic E-state index is 13.3. The van der Waals surface area contributed by atoms with Gasteiger partial charge in [-0.3, -0.25) is 4.68 Å². The van der Waals surface area contributed by atoms with Crippen molar-refractivity contribution in [2.45, 2.75) is 56.5 Å². The van der Waals surface area contributed by atoms with Gasteiger partial charge in [-0.05, 0) is 74.1 Å². The maximum absolute atomic E-state index is 13.3. The molecule has 1 saturated heterocycles. The predicted octanol–water partition coefficient (Wildman–Crippen LogP) is 4.73. The molecule has 0 unspecified atom stereocenters. The van der Waals surface area contributed by atoms with Crippen LogP contribution in [0.4, 0.5) is 4.39 Å². The largest absolute Gasteiger partial charge is 0.271 e. The van der Waals surface area contributed by atoms with Crippen LogP contribution in [0.3, 0.4) is 0 Å². The Hall–Kier alpha value is -3.04. The van der Waals surface area contributed by atoms with Crippen molar-refractivity contribution >= 4 is 20.9 Å². The van der Waals surface area contributed by atoms with Gasteiger partial charge in [-0.2, -0.15) is 14.5 Å². The fourth-order valence-corrected chi connectivity index (χ4v) is 6.48. The molecule has 34 heavy (non-hydrogen) atoms. The Bertz CT molecular complexity index is 1410. The van der Waals surface area contributed by atoms with Crippen molar-refractivity contribution in [3.63, 3.8) is 0 Å². The normalized spacial score (nSPS) is 19.6. The molecule has 2 aromatic carbocycles. The molecule has 1 aliphatic heterocycles. The van der Waals surface area contributed by atoms with E-state index in [9.17, 15) is 12.8 Å². The monoisotopic (exact) mass is 481 g/mol. The van der Waals surface area contributed by atoms with E-state index < -0.39 is 10.0 Å². The molecule has 3 heterocycles. The van der Waals surface area contributed by atoms with Gasteiger partial charge in [0, 0.05) is 30.7 Å². The van der Waals surface area contributed by atoms with E-state index in [-0.39, 0.29) is 22.7 Å². The van der Waals surface area contributed by atoms with Crippen molar-refractivity contribution in [1.82, 2.24) is 23.9 Å². The second-order valence-corrected chi connectivity index (χ2v) is 10.9. The molecular formula is C25H28FN5O2S. The second-order valence-electron chi connectivity index (χ2n) is 8.98. The molecule has 1 aliphatic rings. The van der Waals surface area contributed by atoms with Gasteiger partial charge in [0.15, 0.2) is 0 Å². The Morgan fingerprint density at radius 2 is 1.88 bits per heavy atom. The third kappa shape index (κ3) is 4.14. The first kappa shape index (κ1) is 22.7. The third-order valence-corrected chi connectivity index (χ3v) is 8.59. The van der Waals surface area contributed by atoms with Gasteiger partial charge in [-0.25, -0.2) is 17.5 Å². The minimum atomic E-state index is -3.57. The molecule has 4 aromatic rings. The van der Waals surface area contributed by atoms with E-state index in [0.717, 1.165) is 35.9 Å². The van der Waals surface area contributed by atoms with Crippen molar-refractivity contribution in [3.05, 3.63) is 72.4 Å². The summed E-state index contributed by atoms with van der Waals surface area (Å²) >= 11 is 0. The van der Waals surface area contributed by atoms with Crippen LogP contribution >= 0.6 is 0 Å². The summed E-state index contributed by atoms with van der Waals surface area (Å²) < 4.78 is 44.8. The Morgan fingerprint density at radius 3 is 2.62 bits per heavy atom. The van der Waals surface area contributed by atoms with Crippen molar-refractivity contribution in [2.75, 3.05) is 6.54 Å². The average molecular weight is 482 g/mol. The number of rotatable bonds is 6. The van der Waals surface area contributed by atoms with E-state index in [1.54, 1.807) is 32.0 Å². The lowest BCUT2D eigenvalue weighted by Crippen LogP contribution is -2.43. The van der Waals surface area contributed by atoms with E-state index in [4.69, 9.17) is 0 Å².